The van der Waals surface area contributed by atoms with Crippen molar-refractivity contribution in [2.75, 3.05) is 25.0 Å². The molecular formula is C15H20N6. The standard InChI is InChI=1S/C15H20N6/c1-2-8-17-12(5-1)14-19-15-18-9-6-13(21(15)20-14)11-4-3-7-16-10-11/h1-2,5,8,11,13,16H,3-4,6-7,9-10H2,(H,18,19,20). The lowest BCUT2D eigenvalue weighted by Gasteiger charge is -2.33. The third-order valence-corrected chi connectivity index (χ3v) is 4.44. The lowest BCUT2D eigenvalue weighted by atomic mass is 9.89. The first-order valence-corrected chi connectivity index (χ1v) is 7.74. The van der Waals surface area contributed by atoms with Crippen molar-refractivity contribution in [2.45, 2.75) is 25.3 Å². The largest absolute Gasteiger partial charge is 0.354 e. The van der Waals surface area contributed by atoms with Crippen LogP contribution in [0.4, 0.5) is 5.95 Å². The summed E-state index contributed by atoms with van der Waals surface area (Å²) in [7, 11) is 0. The summed E-state index contributed by atoms with van der Waals surface area (Å²) in [5.74, 6) is 2.25. The highest BCUT2D eigenvalue weighted by molar-refractivity contribution is 5.51. The van der Waals surface area contributed by atoms with Crippen LogP contribution in [0, 0.1) is 5.92 Å². The van der Waals surface area contributed by atoms with Gasteiger partial charge in [0.1, 0.15) is 5.69 Å². The number of nitrogens with one attached hydrogen (secondary N) is 2. The third-order valence-electron chi connectivity index (χ3n) is 4.44. The molecule has 0 amide bonds. The molecule has 1 fully saturated rings. The number of aromatic nitrogens is 4. The highest BCUT2D eigenvalue weighted by Gasteiger charge is 2.31. The fourth-order valence-electron chi connectivity index (χ4n) is 3.38. The average Bonchev–Trinajstić information content (AvgIpc) is 3.00. The minimum Gasteiger partial charge on any atom is -0.354 e. The second-order valence-electron chi connectivity index (χ2n) is 5.81. The molecule has 0 aromatic carbocycles. The Hall–Kier alpha value is -1.95. The first-order chi connectivity index (χ1) is 10.4. The number of fused-ring (bicyclic) bond motifs is 1. The zero-order valence-corrected chi connectivity index (χ0v) is 12.0. The molecule has 2 unspecified atom stereocenters. The minimum absolute atomic E-state index is 0.444. The fourth-order valence-corrected chi connectivity index (χ4v) is 3.38. The van der Waals surface area contributed by atoms with Crippen molar-refractivity contribution < 1.29 is 0 Å². The van der Waals surface area contributed by atoms with E-state index in [0.717, 1.165) is 37.7 Å². The summed E-state index contributed by atoms with van der Waals surface area (Å²) in [6.45, 7) is 3.20. The lowest BCUT2D eigenvalue weighted by Crippen LogP contribution is -2.38. The van der Waals surface area contributed by atoms with Crippen LogP contribution in [0.3, 0.4) is 0 Å². The topological polar surface area (TPSA) is 67.7 Å². The average molecular weight is 284 g/mol. The van der Waals surface area contributed by atoms with Gasteiger partial charge < -0.3 is 10.6 Å². The highest BCUT2D eigenvalue weighted by Crippen LogP contribution is 2.33. The van der Waals surface area contributed by atoms with Gasteiger partial charge in [0, 0.05) is 12.7 Å². The maximum absolute atomic E-state index is 4.73. The summed E-state index contributed by atoms with van der Waals surface area (Å²) >= 11 is 0. The van der Waals surface area contributed by atoms with Gasteiger partial charge in [0.15, 0.2) is 0 Å². The van der Waals surface area contributed by atoms with Crippen molar-refractivity contribution in [1.29, 1.82) is 0 Å². The Morgan fingerprint density at radius 2 is 2.19 bits per heavy atom. The molecule has 0 spiro atoms. The molecule has 21 heavy (non-hydrogen) atoms. The zero-order chi connectivity index (χ0) is 14.1. The Labute approximate surface area is 124 Å². The quantitative estimate of drug-likeness (QED) is 0.878. The number of anilines is 1. The maximum atomic E-state index is 4.73. The monoisotopic (exact) mass is 284 g/mol. The number of pyridine rings is 1. The molecule has 1 saturated heterocycles. The molecule has 0 aliphatic carbocycles. The molecule has 2 aromatic heterocycles. The highest BCUT2D eigenvalue weighted by atomic mass is 15.4. The molecule has 2 atom stereocenters. The van der Waals surface area contributed by atoms with E-state index in [1.165, 1.54) is 12.8 Å². The number of rotatable bonds is 2. The molecule has 2 N–H and O–H groups in total. The summed E-state index contributed by atoms with van der Waals surface area (Å²) in [4.78, 5) is 8.98. The van der Waals surface area contributed by atoms with E-state index in [2.05, 4.69) is 25.3 Å². The third kappa shape index (κ3) is 2.40. The van der Waals surface area contributed by atoms with Crippen molar-refractivity contribution in [3.05, 3.63) is 24.4 Å². The summed E-state index contributed by atoms with van der Waals surface area (Å²) in [6, 6.07) is 6.28. The number of hydrogen-bond acceptors (Lipinski definition) is 5. The van der Waals surface area contributed by atoms with Gasteiger partial charge in [-0.25, -0.2) is 4.68 Å². The number of hydrogen-bond donors (Lipinski definition) is 2. The molecule has 0 radical (unpaired) electrons. The lowest BCUT2D eigenvalue weighted by molar-refractivity contribution is 0.235. The minimum atomic E-state index is 0.444. The predicted octanol–water partition coefficient (Wildman–Crippen LogP) is 1.70. The van der Waals surface area contributed by atoms with Crippen LogP contribution >= 0.6 is 0 Å². The van der Waals surface area contributed by atoms with Crippen LogP contribution in [0.25, 0.3) is 11.5 Å². The number of piperidine rings is 1. The molecule has 4 heterocycles. The smallest absolute Gasteiger partial charge is 0.222 e. The van der Waals surface area contributed by atoms with Gasteiger partial charge in [0.2, 0.25) is 11.8 Å². The van der Waals surface area contributed by atoms with Crippen molar-refractivity contribution >= 4 is 5.95 Å². The molecular weight excluding hydrogens is 264 g/mol. The Morgan fingerprint density at radius 1 is 1.19 bits per heavy atom. The second-order valence-corrected chi connectivity index (χ2v) is 5.81. The van der Waals surface area contributed by atoms with Crippen LogP contribution in [0.1, 0.15) is 25.3 Å². The molecule has 6 nitrogen and oxygen atoms in total. The van der Waals surface area contributed by atoms with E-state index in [4.69, 9.17) is 5.10 Å². The van der Waals surface area contributed by atoms with Crippen molar-refractivity contribution in [2.24, 2.45) is 5.92 Å². The maximum Gasteiger partial charge on any atom is 0.222 e. The van der Waals surface area contributed by atoms with Gasteiger partial charge in [0.05, 0.1) is 6.04 Å². The van der Waals surface area contributed by atoms with Crippen LogP contribution in [0.5, 0.6) is 0 Å². The molecule has 6 heteroatoms. The van der Waals surface area contributed by atoms with Crippen molar-refractivity contribution in [1.82, 2.24) is 25.1 Å². The molecule has 0 saturated carbocycles. The Balaban J connectivity index is 1.66. The Kier molecular flexibility index (Phi) is 3.31. The van der Waals surface area contributed by atoms with E-state index in [0.29, 0.717) is 17.8 Å². The Bertz CT molecular complexity index is 602. The van der Waals surface area contributed by atoms with Gasteiger partial charge in [-0.1, -0.05) is 6.07 Å². The summed E-state index contributed by atoms with van der Waals surface area (Å²) in [5.41, 5.74) is 0.835. The van der Waals surface area contributed by atoms with Crippen LogP contribution in [-0.4, -0.2) is 39.4 Å². The zero-order valence-electron chi connectivity index (χ0n) is 12.0. The van der Waals surface area contributed by atoms with Crippen LogP contribution in [0.2, 0.25) is 0 Å². The fraction of sp³-hybridized carbons (Fsp3) is 0.533. The molecule has 110 valence electrons. The summed E-state index contributed by atoms with van der Waals surface area (Å²) < 4.78 is 2.09. The van der Waals surface area contributed by atoms with Gasteiger partial charge >= 0.3 is 0 Å². The first kappa shape index (κ1) is 12.8. The van der Waals surface area contributed by atoms with Gasteiger partial charge in [0.25, 0.3) is 0 Å². The SMILES string of the molecule is c1ccc(-c2nc3n(n2)C(C2CCCNC2)CCN3)nc1. The second kappa shape index (κ2) is 5.44. The summed E-state index contributed by atoms with van der Waals surface area (Å²) in [6.07, 6.45) is 5.43. The first-order valence-electron chi connectivity index (χ1n) is 7.74. The molecule has 2 aliphatic rings. The van der Waals surface area contributed by atoms with E-state index in [1.54, 1.807) is 6.20 Å². The molecule has 0 bridgehead atoms. The van der Waals surface area contributed by atoms with Crippen molar-refractivity contribution in [3.8, 4) is 11.5 Å². The van der Waals surface area contributed by atoms with Gasteiger partial charge in [-0.2, -0.15) is 4.98 Å². The van der Waals surface area contributed by atoms with Crippen LogP contribution in [-0.2, 0) is 0 Å². The van der Waals surface area contributed by atoms with Gasteiger partial charge in [-0.15, -0.1) is 5.10 Å². The van der Waals surface area contributed by atoms with Gasteiger partial charge in [-0.3, -0.25) is 4.98 Å². The number of nitrogens with zero attached hydrogens (tertiary/aromatic N) is 4. The molecule has 2 aliphatic heterocycles. The normalized spacial score (nSPS) is 25.1. The van der Waals surface area contributed by atoms with Crippen molar-refractivity contribution in [3.63, 3.8) is 0 Å². The van der Waals surface area contributed by atoms with E-state index >= 15 is 0 Å². The van der Waals surface area contributed by atoms with Crippen LogP contribution in [0.15, 0.2) is 24.4 Å². The van der Waals surface area contributed by atoms with Gasteiger partial charge in [-0.05, 0) is 50.4 Å². The summed E-state index contributed by atoms with van der Waals surface area (Å²) in [5, 5.41) is 11.6. The van der Waals surface area contributed by atoms with E-state index in [9.17, 15) is 0 Å². The molecule has 4 rings (SSSR count). The molecule has 2 aromatic rings. The predicted molar refractivity (Wildman–Crippen MR) is 81.0 cm³/mol. The van der Waals surface area contributed by atoms with Crippen LogP contribution < -0.4 is 10.6 Å². The van der Waals surface area contributed by atoms with E-state index < -0.39 is 0 Å². The van der Waals surface area contributed by atoms with E-state index in [1.807, 2.05) is 18.2 Å². The van der Waals surface area contributed by atoms with E-state index in [-0.39, 0.29) is 0 Å². The Morgan fingerprint density at radius 3 is 3.00 bits per heavy atom.